The molecular weight excluding hydrogens is 356 g/mol. The van der Waals surface area contributed by atoms with E-state index < -0.39 is 6.10 Å². The van der Waals surface area contributed by atoms with E-state index in [0.29, 0.717) is 6.42 Å². The molecule has 2 N–H and O–H groups in total. The number of unbranched alkanes of at least 4 members (excludes halogenated alkanes) is 14. The molecule has 0 aromatic carbocycles. The third kappa shape index (κ3) is 22.7. The van der Waals surface area contributed by atoms with Gasteiger partial charge in [-0.3, -0.25) is 4.79 Å². The molecule has 0 aliphatic carbocycles. The molecular formula is C21H44CaO4. The van der Waals surface area contributed by atoms with Crippen LogP contribution in [0.4, 0.5) is 0 Å². The Morgan fingerprint density at radius 2 is 1.19 bits per heavy atom. The molecule has 0 fully saturated rings. The zero-order chi connectivity index (χ0) is 18.6. The Bertz CT molecular complexity index is 298. The molecule has 0 spiro atoms. The fourth-order valence-corrected chi connectivity index (χ4v) is 2.95. The Morgan fingerprint density at radius 3 is 1.58 bits per heavy atom. The van der Waals surface area contributed by atoms with Gasteiger partial charge in [0.25, 0.3) is 0 Å². The van der Waals surface area contributed by atoms with Gasteiger partial charge < -0.3 is 17.8 Å². The number of carbonyl (C=O) groups is 1. The molecule has 0 saturated carbocycles. The molecule has 0 bridgehead atoms. The minimum Gasteiger partial charge on any atom is -1.00 e. The van der Waals surface area contributed by atoms with Gasteiger partial charge in [-0.2, -0.15) is 0 Å². The number of hydrogen-bond donors (Lipinski definition) is 2. The van der Waals surface area contributed by atoms with E-state index in [4.69, 9.17) is 14.9 Å². The van der Waals surface area contributed by atoms with Crippen molar-refractivity contribution in [2.45, 2.75) is 116 Å². The molecule has 1 atom stereocenters. The average Bonchev–Trinajstić information content (AvgIpc) is 2.62. The molecule has 0 radical (unpaired) electrons. The fraction of sp³-hybridized carbons (Fsp3) is 0.952. The van der Waals surface area contributed by atoms with E-state index in [1.54, 1.807) is 0 Å². The van der Waals surface area contributed by atoms with Crippen LogP contribution in [0, 0.1) is 0 Å². The number of ether oxygens (including phenoxy) is 1. The second kappa shape index (κ2) is 23.7. The topological polar surface area (TPSA) is 66.8 Å². The van der Waals surface area contributed by atoms with Crippen LogP contribution >= 0.6 is 0 Å². The molecule has 0 aromatic heterocycles. The Labute approximate surface area is 194 Å². The zero-order valence-corrected chi connectivity index (χ0v) is 19.4. The summed E-state index contributed by atoms with van der Waals surface area (Å²) in [6.45, 7) is 1.79. The van der Waals surface area contributed by atoms with Gasteiger partial charge in [0.05, 0.1) is 6.61 Å². The standard InChI is InChI=1S/C21H42O4.Ca.2H/c1-2-3-4-5-6-7-8-9-10-11-12-13-14-15-16-17-21(24)25-19-20(23)18-22;;;/h20,22-23H,2-19H2,1H3;;;/q;+2;2*-1. The smallest absolute Gasteiger partial charge is 1.00 e. The van der Waals surface area contributed by atoms with Crippen LogP contribution in [0.2, 0.25) is 0 Å². The molecule has 0 aliphatic heterocycles. The van der Waals surface area contributed by atoms with Gasteiger partial charge >= 0.3 is 43.7 Å². The summed E-state index contributed by atoms with van der Waals surface area (Å²) >= 11 is 0. The van der Waals surface area contributed by atoms with E-state index >= 15 is 0 Å². The molecule has 5 heteroatoms. The summed E-state index contributed by atoms with van der Waals surface area (Å²) in [5.74, 6) is -0.276. The molecule has 1 unspecified atom stereocenters. The molecule has 0 aromatic rings. The third-order valence-electron chi connectivity index (χ3n) is 4.63. The number of carbonyl (C=O) groups excluding carboxylic acids is 1. The first kappa shape index (κ1) is 28.9. The normalized spacial score (nSPS) is 11.8. The number of aliphatic hydroxyl groups is 2. The van der Waals surface area contributed by atoms with Gasteiger partial charge in [-0.1, -0.05) is 96.8 Å². The summed E-state index contributed by atoms with van der Waals surface area (Å²) in [4.78, 5) is 11.4. The van der Waals surface area contributed by atoms with Crippen LogP contribution in [-0.2, 0) is 9.53 Å². The summed E-state index contributed by atoms with van der Waals surface area (Å²) in [6, 6.07) is 0. The number of hydrogen-bond acceptors (Lipinski definition) is 4. The van der Waals surface area contributed by atoms with Crippen LogP contribution in [-0.4, -0.2) is 73.2 Å². The van der Waals surface area contributed by atoms with Crippen molar-refractivity contribution >= 4 is 43.7 Å². The monoisotopic (exact) mass is 400 g/mol. The Morgan fingerprint density at radius 1 is 0.808 bits per heavy atom. The largest absolute Gasteiger partial charge is 2.00 e. The summed E-state index contributed by atoms with van der Waals surface area (Å²) in [6.07, 6.45) is 19.0. The minimum atomic E-state index is -0.954. The third-order valence-corrected chi connectivity index (χ3v) is 4.63. The molecule has 0 heterocycles. The van der Waals surface area contributed by atoms with E-state index in [1.165, 1.54) is 83.5 Å². The summed E-state index contributed by atoms with van der Waals surface area (Å²) < 4.78 is 4.86. The van der Waals surface area contributed by atoms with E-state index in [1.807, 2.05) is 0 Å². The van der Waals surface area contributed by atoms with Gasteiger partial charge in [0.1, 0.15) is 12.7 Å². The first-order chi connectivity index (χ1) is 12.2. The van der Waals surface area contributed by atoms with Gasteiger partial charge in [0.2, 0.25) is 0 Å². The molecule has 154 valence electrons. The maximum Gasteiger partial charge on any atom is 2.00 e. The summed E-state index contributed by atoms with van der Waals surface area (Å²) in [5, 5.41) is 17.7. The molecule has 0 rings (SSSR count). The van der Waals surface area contributed by atoms with Gasteiger partial charge in [-0.05, 0) is 6.42 Å². The van der Waals surface area contributed by atoms with Gasteiger partial charge in [-0.25, -0.2) is 0 Å². The Balaban J connectivity index is -0.000000960. The van der Waals surface area contributed by atoms with Crippen molar-refractivity contribution in [2.24, 2.45) is 0 Å². The molecule has 4 nitrogen and oxygen atoms in total. The zero-order valence-electron chi connectivity index (χ0n) is 19.2. The van der Waals surface area contributed by atoms with Crippen LogP contribution in [0.25, 0.3) is 0 Å². The van der Waals surface area contributed by atoms with Crippen LogP contribution in [0.5, 0.6) is 0 Å². The molecule has 0 saturated heterocycles. The molecule has 0 amide bonds. The second-order valence-electron chi connectivity index (χ2n) is 7.22. The molecule has 26 heavy (non-hydrogen) atoms. The van der Waals surface area contributed by atoms with Crippen LogP contribution in [0.1, 0.15) is 113 Å². The van der Waals surface area contributed by atoms with E-state index in [-0.39, 0.29) is 59.8 Å². The SMILES string of the molecule is CCCCCCCCCCCCCCCCCC(=O)OCC(O)CO.[Ca+2].[H-].[H-]. The van der Waals surface area contributed by atoms with Crippen LogP contribution < -0.4 is 0 Å². The number of rotatable bonds is 19. The number of esters is 1. The average molecular weight is 401 g/mol. The van der Waals surface area contributed by atoms with Crippen molar-refractivity contribution < 1.29 is 22.6 Å². The predicted molar refractivity (Wildman–Crippen MR) is 112 cm³/mol. The van der Waals surface area contributed by atoms with Crippen molar-refractivity contribution in [3.8, 4) is 0 Å². The first-order valence-corrected chi connectivity index (χ1v) is 10.6. The summed E-state index contributed by atoms with van der Waals surface area (Å²) in [7, 11) is 0. The van der Waals surface area contributed by atoms with Crippen molar-refractivity contribution in [3.63, 3.8) is 0 Å². The van der Waals surface area contributed by atoms with Gasteiger partial charge in [0.15, 0.2) is 0 Å². The maximum absolute atomic E-state index is 11.4. The van der Waals surface area contributed by atoms with Crippen molar-refractivity contribution in [2.75, 3.05) is 13.2 Å². The van der Waals surface area contributed by atoms with Crippen molar-refractivity contribution in [3.05, 3.63) is 0 Å². The second-order valence-corrected chi connectivity index (χ2v) is 7.22. The quantitative estimate of drug-likeness (QED) is 0.182. The summed E-state index contributed by atoms with van der Waals surface area (Å²) in [5.41, 5.74) is 0. The van der Waals surface area contributed by atoms with Gasteiger partial charge in [0, 0.05) is 6.42 Å². The van der Waals surface area contributed by atoms with Gasteiger partial charge in [-0.15, -0.1) is 0 Å². The Kier molecular flexibility index (Phi) is 26.3. The minimum absolute atomic E-state index is 0. The number of aliphatic hydroxyl groups excluding tert-OH is 2. The van der Waals surface area contributed by atoms with E-state index in [9.17, 15) is 4.79 Å². The first-order valence-electron chi connectivity index (χ1n) is 10.6. The maximum atomic E-state index is 11.4. The van der Waals surface area contributed by atoms with Crippen LogP contribution in [0.15, 0.2) is 0 Å². The van der Waals surface area contributed by atoms with Crippen LogP contribution in [0.3, 0.4) is 0 Å². The van der Waals surface area contributed by atoms with E-state index in [0.717, 1.165) is 12.8 Å². The Hall–Kier alpha value is 0.650. The van der Waals surface area contributed by atoms with Crippen molar-refractivity contribution in [1.82, 2.24) is 0 Å². The molecule has 0 aliphatic rings. The van der Waals surface area contributed by atoms with Crippen molar-refractivity contribution in [1.29, 1.82) is 0 Å². The fourth-order valence-electron chi connectivity index (χ4n) is 2.95. The predicted octanol–water partition coefficient (Wildman–Crippen LogP) is 4.99. The van der Waals surface area contributed by atoms with E-state index in [2.05, 4.69) is 6.92 Å².